The number of rotatable bonds is 4. The van der Waals surface area contributed by atoms with Crippen LogP contribution in [0.5, 0.6) is 11.5 Å². The number of nitrogens with zero attached hydrogens (tertiary/aromatic N) is 1. The Morgan fingerprint density at radius 2 is 1.96 bits per heavy atom. The van der Waals surface area contributed by atoms with Crippen molar-refractivity contribution in [2.75, 3.05) is 12.1 Å². The van der Waals surface area contributed by atoms with Crippen molar-refractivity contribution in [2.24, 2.45) is 0 Å². The van der Waals surface area contributed by atoms with Gasteiger partial charge in [-0.2, -0.15) is 0 Å². The second-order valence-electron chi connectivity index (χ2n) is 5.87. The molecule has 2 aromatic carbocycles. The number of thiazole rings is 1. The Bertz CT molecular complexity index is 1030. The highest BCUT2D eigenvalue weighted by Gasteiger charge is 2.13. The second-order valence-corrected chi connectivity index (χ2v) is 7.07. The predicted molar refractivity (Wildman–Crippen MR) is 102 cm³/mol. The van der Waals surface area contributed by atoms with Crippen molar-refractivity contribution < 1.29 is 18.7 Å². The third-order valence-corrected chi connectivity index (χ3v) is 4.85. The molecule has 1 aromatic heterocycles. The van der Waals surface area contributed by atoms with E-state index in [0.29, 0.717) is 16.6 Å². The lowest BCUT2D eigenvalue weighted by Gasteiger charge is -1.99. The van der Waals surface area contributed by atoms with Crippen LogP contribution in [0.2, 0.25) is 0 Å². The number of hydrogen-bond donors (Lipinski definition) is 1. The van der Waals surface area contributed by atoms with E-state index in [1.807, 2.05) is 19.1 Å². The fourth-order valence-electron chi connectivity index (χ4n) is 2.66. The van der Waals surface area contributed by atoms with E-state index in [0.717, 1.165) is 21.7 Å². The molecular formula is C20H15FN2O3S. The van der Waals surface area contributed by atoms with Crippen LogP contribution < -0.4 is 14.8 Å². The lowest BCUT2D eigenvalue weighted by molar-refractivity contribution is -0.111. The molecule has 7 heteroatoms. The second kappa shape index (κ2) is 7.20. The SMILES string of the molecule is Cc1sc(NC(=O)/C=C/c2ccc3c(c2)OCO3)nc1-c1ccc(F)cc1. The van der Waals surface area contributed by atoms with Crippen LogP contribution in [0.3, 0.4) is 0 Å². The van der Waals surface area contributed by atoms with Crippen LogP contribution in [0, 0.1) is 12.7 Å². The van der Waals surface area contributed by atoms with Crippen LogP contribution >= 0.6 is 11.3 Å². The smallest absolute Gasteiger partial charge is 0.250 e. The van der Waals surface area contributed by atoms with E-state index in [2.05, 4.69) is 10.3 Å². The van der Waals surface area contributed by atoms with Crippen molar-refractivity contribution in [3.8, 4) is 22.8 Å². The highest BCUT2D eigenvalue weighted by molar-refractivity contribution is 7.16. The monoisotopic (exact) mass is 382 g/mol. The molecule has 0 radical (unpaired) electrons. The van der Waals surface area contributed by atoms with Gasteiger partial charge in [0.1, 0.15) is 5.82 Å². The van der Waals surface area contributed by atoms with Gasteiger partial charge in [0.2, 0.25) is 12.7 Å². The minimum absolute atomic E-state index is 0.211. The number of hydrogen-bond acceptors (Lipinski definition) is 5. The molecule has 3 aromatic rings. The topological polar surface area (TPSA) is 60.5 Å². The van der Waals surface area contributed by atoms with Gasteiger partial charge in [-0.25, -0.2) is 9.37 Å². The van der Waals surface area contributed by atoms with Gasteiger partial charge >= 0.3 is 0 Å². The van der Waals surface area contributed by atoms with Crippen molar-refractivity contribution in [2.45, 2.75) is 6.92 Å². The molecule has 27 heavy (non-hydrogen) atoms. The van der Waals surface area contributed by atoms with E-state index >= 15 is 0 Å². The van der Waals surface area contributed by atoms with Crippen LogP contribution in [0.1, 0.15) is 10.4 Å². The number of aryl methyl sites for hydroxylation is 1. The molecule has 5 nitrogen and oxygen atoms in total. The number of nitrogens with one attached hydrogen (secondary N) is 1. The molecule has 4 rings (SSSR count). The molecule has 0 aliphatic carbocycles. The van der Waals surface area contributed by atoms with E-state index in [9.17, 15) is 9.18 Å². The van der Waals surface area contributed by atoms with Gasteiger partial charge in [0.25, 0.3) is 0 Å². The average Bonchev–Trinajstić information content (AvgIpc) is 3.26. The minimum Gasteiger partial charge on any atom is -0.454 e. The molecule has 0 spiro atoms. The molecule has 1 N–H and O–H groups in total. The van der Waals surface area contributed by atoms with E-state index in [1.165, 1.54) is 29.5 Å². The zero-order valence-corrected chi connectivity index (χ0v) is 15.2. The van der Waals surface area contributed by atoms with Gasteiger partial charge in [-0.1, -0.05) is 6.07 Å². The Morgan fingerprint density at radius 1 is 1.19 bits per heavy atom. The summed E-state index contributed by atoms with van der Waals surface area (Å²) in [5.74, 6) is 0.779. The number of fused-ring (bicyclic) bond motifs is 1. The van der Waals surface area contributed by atoms with Crippen LogP contribution in [0.25, 0.3) is 17.3 Å². The summed E-state index contributed by atoms with van der Waals surface area (Å²) in [6, 6.07) is 11.6. The number of amides is 1. The molecule has 0 bridgehead atoms. The Kier molecular flexibility index (Phi) is 4.60. The number of aromatic nitrogens is 1. The largest absolute Gasteiger partial charge is 0.454 e. The number of carbonyl (C=O) groups excluding carboxylic acids is 1. The molecule has 0 saturated heterocycles. The van der Waals surface area contributed by atoms with E-state index in [4.69, 9.17) is 9.47 Å². The lowest BCUT2D eigenvalue weighted by atomic mass is 10.1. The summed E-state index contributed by atoms with van der Waals surface area (Å²) < 4.78 is 23.7. The van der Waals surface area contributed by atoms with Crippen LogP contribution in [-0.2, 0) is 4.79 Å². The van der Waals surface area contributed by atoms with E-state index in [1.54, 1.807) is 24.3 Å². The van der Waals surface area contributed by atoms with Crippen LogP contribution in [-0.4, -0.2) is 17.7 Å². The molecule has 0 unspecified atom stereocenters. The van der Waals surface area contributed by atoms with Crippen molar-refractivity contribution in [3.05, 3.63) is 64.8 Å². The van der Waals surface area contributed by atoms with Gasteiger partial charge in [0.15, 0.2) is 16.6 Å². The zero-order chi connectivity index (χ0) is 18.8. The van der Waals surface area contributed by atoms with Crippen molar-refractivity contribution in [3.63, 3.8) is 0 Å². The quantitative estimate of drug-likeness (QED) is 0.668. The molecule has 1 amide bonds. The Labute approximate surface area is 159 Å². The van der Waals surface area contributed by atoms with Crippen molar-refractivity contribution in [1.29, 1.82) is 0 Å². The molecule has 0 fully saturated rings. The maximum atomic E-state index is 13.1. The first-order valence-electron chi connectivity index (χ1n) is 8.20. The fraction of sp³-hybridized carbons (Fsp3) is 0.100. The first kappa shape index (κ1) is 17.2. The molecule has 136 valence electrons. The van der Waals surface area contributed by atoms with Gasteiger partial charge in [0.05, 0.1) is 5.69 Å². The third-order valence-electron chi connectivity index (χ3n) is 3.97. The molecular weight excluding hydrogens is 367 g/mol. The number of ether oxygens (including phenoxy) is 2. The summed E-state index contributed by atoms with van der Waals surface area (Å²) in [4.78, 5) is 17.6. The van der Waals surface area contributed by atoms with E-state index < -0.39 is 0 Å². The summed E-state index contributed by atoms with van der Waals surface area (Å²) in [6.07, 6.45) is 3.13. The summed E-state index contributed by atoms with van der Waals surface area (Å²) >= 11 is 1.37. The Hall–Kier alpha value is -3.19. The zero-order valence-electron chi connectivity index (χ0n) is 14.4. The standard InChI is InChI=1S/C20H15FN2O3S/c1-12-19(14-4-6-15(21)7-5-14)23-20(27-12)22-18(24)9-3-13-2-8-16-17(10-13)26-11-25-16/h2-10H,11H2,1H3,(H,22,23,24)/b9-3+. The maximum Gasteiger partial charge on any atom is 0.250 e. The van der Waals surface area contributed by atoms with E-state index in [-0.39, 0.29) is 18.5 Å². The number of halogens is 1. The first-order chi connectivity index (χ1) is 13.1. The molecule has 0 saturated carbocycles. The fourth-order valence-corrected chi connectivity index (χ4v) is 3.50. The minimum atomic E-state index is -0.297. The maximum absolute atomic E-state index is 13.1. The number of carbonyl (C=O) groups is 1. The first-order valence-corrected chi connectivity index (χ1v) is 9.02. The number of benzene rings is 2. The lowest BCUT2D eigenvalue weighted by Crippen LogP contribution is -2.07. The highest BCUT2D eigenvalue weighted by Crippen LogP contribution is 2.33. The summed E-state index contributed by atoms with van der Waals surface area (Å²) in [6.45, 7) is 2.12. The van der Waals surface area contributed by atoms with Gasteiger partial charge in [-0.05, 0) is 55.0 Å². The Morgan fingerprint density at radius 3 is 2.78 bits per heavy atom. The van der Waals surface area contributed by atoms with Crippen molar-refractivity contribution in [1.82, 2.24) is 4.98 Å². The molecule has 2 heterocycles. The third kappa shape index (κ3) is 3.83. The van der Waals surface area contributed by atoms with Gasteiger partial charge in [-0.15, -0.1) is 11.3 Å². The normalized spacial score (nSPS) is 12.5. The molecule has 0 atom stereocenters. The van der Waals surface area contributed by atoms with Gasteiger partial charge in [0, 0.05) is 16.5 Å². The highest BCUT2D eigenvalue weighted by atomic mass is 32.1. The van der Waals surface area contributed by atoms with Gasteiger partial charge in [-0.3, -0.25) is 10.1 Å². The summed E-state index contributed by atoms with van der Waals surface area (Å²) in [5, 5.41) is 3.25. The summed E-state index contributed by atoms with van der Waals surface area (Å²) in [5.41, 5.74) is 2.37. The predicted octanol–water partition coefficient (Wildman–Crippen LogP) is 4.64. The Balaban J connectivity index is 1.45. The number of anilines is 1. The molecule has 1 aliphatic heterocycles. The van der Waals surface area contributed by atoms with Crippen LogP contribution in [0.4, 0.5) is 9.52 Å². The average molecular weight is 382 g/mol. The molecule has 1 aliphatic rings. The summed E-state index contributed by atoms with van der Waals surface area (Å²) in [7, 11) is 0. The van der Waals surface area contributed by atoms with Gasteiger partial charge < -0.3 is 9.47 Å². The van der Waals surface area contributed by atoms with Crippen LogP contribution in [0.15, 0.2) is 48.5 Å². The van der Waals surface area contributed by atoms with Crippen molar-refractivity contribution >= 4 is 28.5 Å².